The maximum atomic E-state index is 3.32. The lowest BCUT2D eigenvalue weighted by atomic mass is 9.54. The molecule has 1 nitrogen and oxygen atoms in total. The highest BCUT2D eigenvalue weighted by atomic mass is 35.5. The van der Waals surface area contributed by atoms with Gasteiger partial charge < -0.3 is 5.32 Å². The van der Waals surface area contributed by atoms with Gasteiger partial charge in [0, 0.05) is 6.04 Å². The average Bonchev–Trinajstić information content (AvgIpc) is 1.59. The van der Waals surface area contributed by atoms with Crippen molar-refractivity contribution in [2.45, 2.75) is 38.1 Å². The van der Waals surface area contributed by atoms with Crippen molar-refractivity contribution in [3.8, 4) is 0 Å². The molecule has 0 aliphatic heterocycles. The summed E-state index contributed by atoms with van der Waals surface area (Å²) in [5.41, 5.74) is 0.855. The topological polar surface area (TPSA) is 12.0 Å². The molecule has 0 radical (unpaired) electrons. The summed E-state index contributed by atoms with van der Waals surface area (Å²) in [5, 5.41) is 3.32. The lowest BCUT2D eigenvalue weighted by Gasteiger charge is -2.54. The third-order valence-electron chi connectivity index (χ3n) is 3.18. The van der Waals surface area contributed by atoms with Crippen LogP contribution in [0.2, 0.25) is 0 Å². The molecule has 2 rings (SSSR count). The van der Waals surface area contributed by atoms with Crippen LogP contribution in [-0.4, -0.2) is 13.1 Å². The van der Waals surface area contributed by atoms with Gasteiger partial charge in [0.25, 0.3) is 0 Å². The zero-order chi connectivity index (χ0) is 6.32. The molecule has 2 saturated carbocycles. The molecule has 10 heavy (non-hydrogen) atoms. The van der Waals surface area contributed by atoms with Gasteiger partial charge >= 0.3 is 0 Å². The predicted octanol–water partition coefficient (Wildman–Crippen LogP) is 1.96. The second kappa shape index (κ2) is 2.71. The van der Waals surface area contributed by atoms with Crippen LogP contribution in [0.1, 0.15) is 32.1 Å². The summed E-state index contributed by atoms with van der Waals surface area (Å²) >= 11 is 0. The number of nitrogens with one attached hydrogen (secondary N) is 1. The fourth-order valence-corrected chi connectivity index (χ4v) is 2.27. The van der Waals surface area contributed by atoms with Gasteiger partial charge in [0.2, 0.25) is 0 Å². The molecule has 2 aliphatic rings. The minimum Gasteiger partial charge on any atom is -0.317 e. The molecular weight excluding hydrogens is 146 g/mol. The van der Waals surface area contributed by atoms with Crippen LogP contribution in [0.15, 0.2) is 0 Å². The van der Waals surface area contributed by atoms with Gasteiger partial charge in [0.15, 0.2) is 0 Å². The van der Waals surface area contributed by atoms with Crippen LogP contribution in [0.3, 0.4) is 0 Å². The summed E-state index contributed by atoms with van der Waals surface area (Å²) in [5.74, 6) is 0. The smallest absolute Gasteiger partial charge is 0.00746 e. The first-order chi connectivity index (χ1) is 4.35. The van der Waals surface area contributed by atoms with E-state index in [1.165, 1.54) is 32.1 Å². The van der Waals surface area contributed by atoms with E-state index in [2.05, 4.69) is 12.4 Å². The van der Waals surface area contributed by atoms with E-state index in [0.717, 1.165) is 11.5 Å². The van der Waals surface area contributed by atoms with Gasteiger partial charge in [-0.3, -0.25) is 0 Å². The second-order valence-corrected chi connectivity index (χ2v) is 3.75. The Morgan fingerprint density at radius 2 is 1.90 bits per heavy atom. The number of halogens is 1. The number of rotatable bonds is 1. The zero-order valence-corrected chi connectivity index (χ0v) is 7.34. The Bertz CT molecular complexity index is 112. The standard InChI is InChI=1S/C8H15N.ClH/c1-9-7-5-8(6-7)3-2-4-8;/h7,9H,2-6H2,1H3;1H. The maximum absolute atomic E-state index is 3.32. The van der Waals surface area contributed by atoms with Crippen molar-refractivity contribution >= 4 is 12.4 Å². The number of hydrogen-bond donors (Lipinski definition) is 1. The average molecular weight is 162 g/mol. The van der Waals surface area contributed by atoms with Gasteiger partial charge in [-0.05, 0) is 38.1 Å². The molecule has 0 aromatic heterocycles. The Balaban J connectivity index is 0.000000500. The SMILES string of the molecule is CNC1CC2(CCC2)C1.Cl. The van der Waals surface area contributed by atoms with Crippen LogP contribution in [0.4, 0.5) is 0 Å². The molecule has 2 aliphatic carbocycles. The van der Waals surface area contributed by atoms with E-state index in [-0.39, 0.29) is 12.4 Å². The van der Waals surface area contributed by atoms with Crippen molar-refractivity contribution < 1.29 is 0 Å². The normalized spacial score (nSPS) is 28.5. The van der Waals surface area contributed by atoms with Crippen LogP contribution in [0.25, 0.3) is 0 Å². The molecule has 0 atom stereocenters. The third kappa shape index (κ3) is 1.06. The van der Waals surface area contributed by atoms with E-state index >= 15 is 0 Å². The van der Waals surface area contributed by atoms with Gasteiger partial charge in [0.05, 0.1) is 0 Å². The van der Waals surface area contributed by atoms with Gasteiger partial charge in [-0.15, -0.1) is 12.4 Å². The van der Waals surface area contributed by atoms with Crippen molar-refractivity contribution in [1.82, 2.24) is 5.32 Å². The highest BCUT2D eigenvalue weighted by Crippen LogP contribution is 2.55. The molecule has 0 saturated heterocycles. The van der Waals surface area contributed by atoms with Crippen LogP contribution < -0.4 is 5.32 Å². The molecule has 0 heterocycles. The minimum atomic E-state index is 0. The Labute approximate surface area is 69.0 Å². The quantitative estimate of drug-likeness (QED) is 0.620. The third-order valence-corrected chi connectivity index (χ3v) is 3.18. The predicted molar refractivity (Wildman–Crippen MR) is 45.6 cm³/mol. The molecule has 60 valence electrons. The monoisotopic (exact) mass is 161 g/mol. The first-order valence-electron chi connectivity index (χ1n) is 4.02. The van der Waals surface area contributed by atoms with Crippen LogP contribution >= 0.6 is 12.4 Å². The van der Waals surface area contributed by atoms with Gasteiger partial charge in [-0.1, -0.05) is 6.42 Å². The Kier molecular flexibility index (Phi) is 2.26. The van der Waals surface area contributed by atoms with Crippen molar-refractivity contribution in [2.75, 3.05) is 7.05 Å². The molecule has 1 spiro atoms. The largest absolute Gasteiger partial charge is 0.317 e. The molecule has 2 fully saturated rings. The van der Waals surface area contributed by atoms with Gasteiger partial charge in [-0.2, -0.15) is 0 Å². The van der Waals surface area contributed by atoms with Crippen LogP contribution in [-0.2, 0) is 0 Å². The number of hydrogen-bond acceptors (Lipinski definition) is 1. The highest BCUT2D eigenvalue weighted by molar-refractivity contribution is 5.85. The Morgan fingerprint density at radius 3 is 2.20 bits per heavy atom. The summed E-state index contributed by atoms with van der Waals surface area (Å²) in [6.45, 7) is 0. The fourth-order valence-electron chi connectivity index (χ4n) is 2.27. The van der Waals surface area contributed by atoms with Crippen molar-refractivity contribution in [2.24, 2.45) is 5.41 Å². The lowest BCUT2D eigenvalue weighted by Crippen LogP contribution is -2.51. The van der Waals surface area contributed by atoms with E-state index < -0.39 is 0 Å². The molecule has 0 aromatic carbocycles. The van der Waals surface area contributed by atoms with E-state index in [4.69, 9.17) is 0 Å². The van der Waals surface area contributed by atoms with E-state index in [1.54, 1.807) is 0 Å². The van der Waals surface area contributed by atoms with Gasteiger partial charge in [-0.25, -0.2) is 0 Å². The van der Waals surface area contributed by atoms with Crippen molar-refractivity contribution in [1.29, 1.82) is 0 Å². The molecule has 0 amide bonds. The summed E-state index contributed by atoms with van der Waals surface area (Å²) in [6.07, 6.45) is 7.46. The van der Waals surface area contributed by atoms with Crippen LogP contribution in [0, 0.1) is 5.41 Å². The molecule has 0 bridgehead atoms. The summed E-state index contributed by atoms with van der Waals surface area (Å²) in [6, 6.07) is 0.866. The molecular formula is C8H16ClN. The minimum absolute atomic E-state index is 0. The van der Waals surface area contributed by atoms with E-state index in [1.807, 2.05) is 0 Å². The summed E-state index contributed by atoms with van der Waals surface area (Å²) in [7, 11) is 2.08. The first-order valence-corrected chi connectivity index (χ1v) is 4.02. The van der Waals surface area contributed by atoms with Crippen molar-refractivity contribution in [3.05, 3.63) is 0 Å². The molecule has 0 aromatic rings. The molecule has 0 unspecified atom stereocenters. The lowest BCUT2D eigenvalue weighted by molar-refractivity contribution is 0.000771. The summed E-state index contributed by atoms with van der Waals surface area (Å²) < 4.78 is 0. The Morgan fingerprint density at radius 1 is 1.30 bits per heavy atom. The highest BCUT2D eigenvalue weighted by Gasteiger charge is 2.47. The summed E-state index contributed by atoms with van der Waals surface area (Å²) in [4.78, 5) is 0. The molecule has 1 N–H and O–H groups in total. The van der Waals surface area contributed by atoms with Crippen LogP contribution in [0.5, 0.6) is 0 Å². The maximum Gasteiger partial charge on any atom is 0.00746 e. The van der Waals surface area contributed by atoms with Crippen molar-refractivity contribution in [3.63, 3.8) is 0 Å². The Hall–Kier alpha value is 0.250. The molecule has 2 heteroatoms. The van der Waals surface area contributed by atoms with E-state index in [9.17, 15) is 0 Å². The first kappa shape index (κ1) is 8.35. The fraction of sp³-hybridized carbons (Fsp3) is 1.00. The second-order valence-electron chi connectivity index (χ2n) is 3.75. The van der Waals surface area contributed by atoms with Gasteiger partial charge in [0.1, 0.15) is 0 Å². The zero-order valence-electron chi connectivity index (χ0n) is 6.52. The van der Waals surface area contributed by atoms with E-state index in [0.29, 0.717) is 0 Å².